The molecule has 5 N–H and O–H groups in total. The minimum Gasteiger partial charge on any atom is -0.507 e. The highest BCUT2D eigenvalue weighted by Crippen LogP contribution is 2.34. The Kier molecular flexibility index (Phi) is 9.68. The van der Waals surface area contributed by atoms with Gasteiger partial charge in [0.15, 0.2) is 6.29 Å². The zero-order valence-corrected chi connectivity index (χ0v) is 19.5. The lowest BCUT2D eigenvalue weighted by Crippen LogP contribution is -2.47. The molecule has 0 spiro atoms. The largest absolute Gasteiger partial charge is 0.507 e. The number of carbonyl (C=O) groups is 1. The molecule has 0 bridgehead atoms. The van der Waals surface area contributed by atoms with Crippen LogP contribution in [0, 0.1) is 5.41 Å². The van der Waals surface area contributed by atoms with Gasteiger partial charge in [0.2, 0.25) is 0 Å². The molecular formula is C25H36N4O3. The second kappa shape index (κ2) is 12.2. The van der Waals surface area contributed by atoms with Gasteiger partial charge in [0.05, 0.1) is 12.7 Å². The average molecular weight is 441 g/mol. The van der Waals surface area contributed by atoms with Gasteiger partial charge in [0.1, 0.15) is 23.5 Å². The molecular weight excluding hydrogens is 404 g/mol. The van der Waals surface area contributed by atoms with Crippen LogP contribution in [-0.4, -0.2) is 37.0 Å². The number of rotatable bonds is 12. The van der Waals surface area contributed by atoms with Gasteiger partial charge in [0.25, 0.3) is 0 Å². The van der Waals surface area contributed by atoms with Gasteiger partial charge in [-0.3, -0.25) is 10.2 Å². The van der Waals surface area contributed by atoms with E-state index >= 15 is 0 Å². The number of nitrogens with two attached hydrogens (primary N) is 1. The van der Waals surface area contributed by atoms with Crippen molar-refractivity contribution < 1.29 is 14.6 Å². The van der Waals surface area contributed by atoms with Crippen molar-refractivity contribution in [3.05, 3.63) is 53.1 Å². The molecule has 0 amide bonds. The first kappa shape index (κ1) is 25.4. The van der Waals surface area contributed by atoms with Crippen LogP contribution in [0.4, 0.5) is 5.69 Å². The highest BCUT2D eigenvalue weighted by atomic mass is 16.5. The summed E-state index contributed by atoms with van der Waals surface area (Å²) >= 11 is 0. The maximum atomic E-state index is 11.6. The SMILES string of the molecule is CCCCCNCc1ccc(N(C(=N)c2cc(C(C)C)c(OC)cc2O)C(N)C=O)cc1. The van der Waals surface area contributed by atoms with Crippen LogP contribution in [0.3, 0.4) is 0 Å². The number of benzene rings is 2. The van der Waals surface area contributed by atoms with Gasteiger partial charge >= 0.3 is 0 Å². The van der Waals surface area contributed by atoms with Gasteiger partial charge in [0, 0.05) is 18.3 Å². The van der Waals surface area contributed by atoms with Gasteiger partial charge in [-0.05, 0) is 48.2 Å². The van der Waals surface area contributed by atoms with E-state index in [1.165, 1.54) is 23.8 Å². The number of phenols is 1. The molecule has 2 aromatic carbocycles. The Labute approximate surface area is 191 Å². The molecule has 0 saturated heterocycles. The molecule has 174 valence electrons. The van der Waals surface area contributed by atoms with Crippen molar-refractivity contribution in [2.45, 2.75) is 58.7 Å². The number of hydrogen-bond acceptors (Lipinski definition) is 6. The summed E-state index contributed by atoms with van der Waals surface area (Å²) in [5, 5.41) is 22.8. The van der Waals surface area contributed by atoms with Crippen LogP contribution >= 0.6 is 0 Å². The Bertz CT molecular complexity index is 897. The topological polar surface area (TPSA) is 112 Å². The molecule has 7 heteroatoms. The Morgan fingerprint density at radius 2 is 1.94 bits per heavy atom. The number of nitrogens with zero attached hydrogens (tertiary/aromatic N) is 1. The summed E-state index contributed by atoms with van der Waals surface area (Å²) < 4.78 is 5.37. The number of aldehydes is 1. The fourth-order valence-corrected chi connectivity index (χ4v) is 3.55. The molecule has 1 atom stereocenters. The van der Waals surface area contributed by atoms with Crippen molar-refractivity contribution >= 4 is 17.8 Å². The molecule has 7 nitrogen and oxygen atoms in total. The predicted molar refractivity (Wildman–Crippen MR) is 130 cm³/mol. The van der Waals surface area contributed by atoms with E-state index in [-0.39, 0.29) is 23.1 Å². The number of phenolic OH excluding ortho intramolecular Hbond substituents is 1. The van der Waals surface area contributed by atoms with Gasteiger partial charge in [-0.15, -0.1) is 0 Å². The third-order valence-corrected chi connectivity index (χ3v) is 5.40. The van der Waals surface area contributed by atoms with E-state index in [0.717, 1.165) is 30.6 Å². The van der Waals surface area contributed by atoms with Crippen molar-refractivity contribution in [1.29, 1.82) is 5.41 Å². The zero-order valence-electron chi connectivity index (χ0n) is 19.5. The molecule has 0 heterocycles. The zero-order chi connectivity index (χ0) is 23.7. The smallest absolute Gasteiger partial charge is 0.157 e. The van der Waals surface area contributed by atoms with Crippen LogP contribution in [0.5, 0.6) is 11.5 Å². The first-order valence-corrected chi connectivity index (χ1v) is 11.1. The average Bonchev–Trinajstić information content (AvgIpc) is 2.79. The highest BCUT2D eigenvalue weighted by Gasteiger charge is 2.24. The van der Waals surface area contributed by atoms with Crippen molar-refractivity contribution in [2.75, 3.05) is 18.6 Å². The van der Waals surface area contributed by atoms with Gasteiger partial charge < -0.3 is 25.8 Å². The summed E-state index contributed by atoms with van der Waals surface area (Å²) in [4.78, 5) is 13.0. The molecule has 0 aliphatic carbocycles. The summed E-state index contributed by atoms with van der Waals surface area (Å²) in [5.41, 5.74) is 8.90. The Morgan fingerprint density at radius 1 is 1.25 bits per heavy atom. The number of aromatic hydroxyl groups is 1. The van der Waals surface area contributed by atoms with Crippen LogP contribution in [0.25, 0.3) is 0 Å². The van der Waals surface area contributed by atoms with Crippen molar-refractivity contribution in [3.63, 3.8) is 0 Å². The van der Waals surface area contributed by atoms with Crippen molar-refractivity contribution in [1.82, 2.24) is 5.32 Å². The lowest BCUT2D eigenvalue weighted by Gasteiger charge is -2.29. The molecule has 0 saturated carbocycles. The van der Waals surface area contributed by atoms with E-state index in [0.29, 0.717) is 17.7 Å². The number of amidine groups is 1. The number of nitrogens with one attached hydrogen (secondary N) is 2. The number of ether oxygens (including phenoxy) is 1. The standard InChI is InChI=1S/C25H36N4O3/c1-5-6-7-12-28-15-18-8-10-19(11-9-18)29(24(26)16-30)25(27)21-13-20(17(2)3)23(32-4)14-22(21)31/h8-11,13-14,16-17,24,27-28,31H,5-7,12,15,26H2,1-4H3. The molecule has 0 aromatic heterocycles. The summed E-state index contributed by atoms with van der Waals surface area (Å²) in [6.45, 7) is 7.91. The van der Waals surface area contributed by atoms with Crippen LogP contribution in [-0.2, 0) is 11.3 Å². The third kappa shape index (κ3) is 6.31. The number of carbonyl (C=O) groups excluding carboxylic acids is 1. The third-order valence-electron chi connectivity index (χ3n) is 5.40. The summed E-state index contributed by atoms with van der Waals surface area (Å²) in [5.74, 6) is 0.509. The molecule has 0 aliphatic rings. The number of unbranched alkanes of at least 4 members (excludes halogenated alkanes) is 2. The molecule has 1 unspecified atom stereocenters. The number of anilines is 1. The quantitative estimate of drug-likeness (QED) is 0.130. The number of methoxy groups -OCH3 is 1. The van der Waals surface area contributed by atoms with Gasteiger partial charge in [-0.25, -0.2) is 0 Å². The van der Waals surface area contributed by atoms with Gasteiger partial charge in [-0.2, -0.15) is 0 Å². The molecule has 32 heavy (non-hydrogen) atoms. The first-order chi connectivity index (χ1) is 15.3. The monoisotopic (exact) mass is 440 g/mol. The van der Waals surface area contributed by atoms with Crippen molar-refractivity contribution in [3.8, 4) is 11.5 Å². The predicted octanol–water partition coefficient (Wildman–Crippen LogP) is 4.12. The molecule has 2 rings (SSSR count). The molecule has 0 fully saturated rings. The normalized spacial score (nSPS) is 11.9. The fraction of sp³-hybridized carbons (Fsp3) is 0.440. The summed E-state index contributed by atoms with van der Waals surface area (Å²) in [7, 11) is 1.54. The van der Waals surface area contributed by atoms with Crippen LogP contribution in [0.15, 0.2) is 36.4 Å². The van der Waals surface area contributed by atoms with E-state index in [1.807, 2.05) is 38.1 Å². The van der Waals surface area contributed by atoms with Gasteiger partial charge in [-0.1, -0.05) is 45.7 Å². The Morgan fingerprint density at radius 3 is 2.50 bits per heavy atom. The lowest BCUT2D eigenvalue weighted by atomic mass is 9.97. The summed E-state index contributed by atoms with van der Waals surface area (Å²) in [6, 6.07) is 10.8. The Hall–Kier alpha value is -2.90. The van der Waals surface area contributed by atoms with E-state index in [2.05, 4.69) is 12.2 Å². The molecule has 0 aliphatic heterocycles. The minimum absolute atomic E-state index is 0.0582. The fourth-order valence-electron chi connectivity index (χ4n) is 3.55. The van der Waals surface area contributed by atoms with Crippen LogP contribution in [0.1, 0.15) is 62.6 Å². The maximum absolute atomic E-state index is 11.6. The summed E-state index contributed by atoms with van der Waals surface area (Å²) in [6.07, 6.45) is 3.07. The van der Waals surface area contributed by atoms with E-state index in [1.54, 1.807) is 13.2 Å². The molecule has 2 aromatic rings. The van der Waals surface area contributed by atoms with Crippen LogP contribution < -0.4 is 20.7 Å². The Balaban J connectivity index is 2.30. The van der Waals surface area contributed by atoms with E-state index in [4.69, 9.17) is 15.9 Å². The van der Waals surface area contributed by atoms with E-state index in [9.17, 15) is 9.90 Å². The highest BCUT2D eigenvalue weighted by molar-refractivity contribution is 6.11. The second-order valence-electron chi connectivity index (χ2n) is 8.16. The van der Waals surface area contributed by atoms with Crippen LogP contribution in [0.2, 0.25) is 0 Å². The lowest BCUT2D eigenvalue weighted by molar-refractivity contribution is -0.108. The second-order valence-corrected chi connectivity index (χ2v) is 8.16. The van der Waals surface area contributed by atoms with E-state index < -0.39 is 6.17 Å². The maximum Gasteiger partial charge on any atom is 0.157 e. The first-order valence-electron chi connectivity index (χ1n) is 11.1. The number of hydrogen-bond donors (Lipinski definition) is 4. The van der Waals surface area contributed by atoms with Crippen molar-refractivity contribution in [2.24, 2.45) is 5.73 Å². The minimum atomic E-state index is -1.07. The molecule has 0 radical (unpaired) electrons.